The molecule has 1 spiro atoms. The Hall–Kier alpha value is -4.11. The number of aliphatic hydroxyl groups is 1. The molecular formula is C33H39N3O10Si. The number of nitrogens with zero attached hydrogens (tertiary/aromatic N) is 3. The first-order valence-corrected chi connectivity index (χ1v) is 18.7. The number of amides is 3. The van der Waals surface area contributed by atoms with Crippen LogP contribution in [0.1, 0.15) is 51.2 Å². The largest absolute Gasteiger partial charge is 0.441 e. The van der Waals surface area contributed by atoms with Gasteiger partial charge in [0.25, 0.3) is 5.91 Å². The van der Waals surface area contributed by atoms with E-state index in [1.165, 1.54) is 23.6 Å². The van der Waals surface area contributed by atoms with Crippen molar-refractivity contribution >= 4 is 55.0 Å². The third kappa shape index (κ3) is 5.42. The second-order valence-electron chi connectivity index (χ2n) is 13.2. The molecule has 0 aliphatic carbocycles. The number of rotatable bonds is 9. The average molecular weight is 666 g/mol. The lowest BCUT2D eigenvalue weighted by molar-refractivity contribution is -0.155. The zero-order chi connectivity index (χ0) is 34.0. The number of aliphatic hydroxyl groups excluding tert-OH is 1. The van der Waals surface area contributed by atoms with Crippen molar-refractivity contribution in [1.29, 1.82) is 0 Å². The van der Waals surface area contributed by atoms with Gasteiger partial charge in [0.1, 0.15) is 0 Å². The molecule has 3 fully saturated rings. The molecule has 0 radical (unpaired) electrons. The molecule has 47 heavy (non-hydrogen) atoms. The van der Waals surface area contributed by atoms with E-state index in [0.29, 0.717) is 28.2 Å². The van der Waals surface area contributed by atoms with Crippen molar-refractivity contribution in [1.82, 2.24) is 0 Å². The van der Waals surface area contributed by atoms with Crippen LogP contribution in [0.15, 0.2) is 42.5 Å². The number of benzene rings is 2. The highest BCUT2D eigenvalue weighted by molar-refractivity contribution is 6.71. The summed E-state index contributed by atoms with van der Waals surface area (Å²) in [5, 5.41) is 9.92. The molecule has 4 aliphatic heterocycles. The second kappa shape index (κ2) is 11.8. The standard InChI is InChI=1S/C33H39N3O10Si/c1-18-31(47(4,5)43)26(11-12-37)46-33(18)24-14-23(36-28(41)16-30(36)45-20(3)39)9-10-25(24)34(32(33)42)17-21-7-6-8-22(13-21)35-27(40)15-29(35)44-19(2)38/h6-10,13-14,18,26,29-31,37,43H,11-12,15-17H2,1-5H3/t18-,26+,29?,30?,31-,33+/m0/s1. The number of hydrogen-bond acceptors (Lipinski definition) is 10. The van der Waals surface area contributed by atoms with Crippen molar-refractivity contribution in [2.75, 3.05) is 21.3 Å². The van der Waals surface area contributed by atoms with Gasteiger partial charge in [0.05, 0.1) is 31.2 Å². The van der Waals surface area contributed by atoms with Crippen LogP contribution in [0.25, 0.3) is 0 Å². The molecule has 0 saturated carbocycles. The van der Waals surface area contributed by atoms with E-state index in [1.54, 1.807) is 54.4 Å². The molecule has 250 valence electrons. The number of carbonyl (C=O) groups is 5. The fourth-order valence-corrected chi connectivity index (χ4v) is 10.3. The molecule has 2 aromatic carbocycles. The first-order chi connectivity index (χ1) is 22.2. The highest BCUT2D eigenvalue weighted by Crippen LogP contribution is 2.60. The molecule has 2 unspecified atom stereocenters. The Bertz CT molecular complexity index is 1660. The number of β-lactam (4-membered cyclic amide) rings is 2. The molecule has 4 aliphatic rings. The summed E-state index contributed by atoms with van der Waals surface area (Å²) in [6.45, 7) is 7.94. The van der Waals surface area contributed by atoms with E-state index in [1.807, 2.05) is 13.0 Å². The number of anilines is 3. The molecular weight excluding hydrogens is 626 g/mol. The fraction of sp³-hybridized carbons (Fsp3) is 0.485. The van der Waals surface area contributed by atoms with Gasteiger partial charge in [0, 0.05) is 48.9 Å². The molecule has 0 aromatic heterocycles. The molecule has 2 N–H and O–H groups in total. The first-order valence-electron chi connectivity index (χ1n) is 15.7. The van der Waals surface area contributed by atoms with Gasteiger partial charge < -0.3 is 29.0 Å². The van der Waals surface area contributed by atoms with Crippen LogP contribution < -0.4 is 14.7 Å². The summed E-state index contributed by atoms with van der Waals surface area (Å²) >= 11 is 0. The monoisotopic (exact) mass is 665 g/mol. The molecule has 6 rings (SSSR count). The zero-order valence-corrected chi connectivity index (χ0v) is 28.0. The van der Waals surface area contributed by atoms with E-state index in [2.05, 4.69) is 0 Å². The Kier molecular flexibility index (Phi) is 8.27. The van der Waals surface area contributed by atoms with Crippen molar-refractivity contribution in [3.05, 3.63) is 53.6 Å². The molecule has 0 bridgehead atoms. The third-order valence-electron chi connectivity index (χ3n) is 9.60. The number of ether oxygens (including phenoxy) is 3. The summed E-state index contributed by atoms with van der Waals surface area (Å²) in [5.41, 5.74) is 0.800. The summed E-state index contributed by atoms with van der Waals surface area (Å²) in [6.07, 6.45) is -1.72. The van der Waals surface area contributed by atoms with E-state index in [4.69, 9.17) is 14.2 Å². The Morgan fingerprint density at radius 3 is 2.09 bits per heavy atom. The maximum Gasteiger partial charge on any atom is 0.304 e. The second-order valence-corrected chi connectivity index (χ2v) is 17.2. The van der Waals surface area contributed by atoms with Gasteiger partial charge in [0.2, 0.25) is 11.8 Å². The Morgan fingerprint density at radius 2 is 1.55 bits per heavy atom. The van der Waals surface area contributed by atoms with Crippen LogP contribution in [-0.2, 0) is 50.3 Å². The summed E-state index contributed by atoms with van der Waals surface area (Å²) in [5.74, 6) is -2.30. The van der Waals surface area contributed by atoms with Crippen LogP contribution in [-0.4, -0.2) is 73.0 Å². The lowest BCUT2D eigenvalue weighted by Crippen LogP contribution is -2.55. The van der Waals surface area contributed by atoms with Crippen LogP contribution >= 0.6 is 0 Å². The SMILES string of the molecule is CC(=O)OC1CC(=O)N1c1cccc(CN2C(=O)[C@]3(O[C@H](CCO)[C@@H]([Si](C)(C)O)[C@@H]3C)c3cc(N4C(=O)CC4OC(C)=O)ccc32)c1. The van der Waals surface area contributed by atoms with Gasteiger partial charge in [-0.2, -0.15) is 0 Å². The number of carbonyl (C=O) groups excluding carboxylic acids is 5. The first kappa shape index (κ1) is 32.8. The normalized spacial score (nSPS) is 28.4. The molecule has 6 atom stereocenters. The highest BCUT2D eigenvalue weighted by Gasteiger charge is 2.66. The maximum atomic E-state index is 14.8. The molecule has 3 amide bonds. The maximum absolute atomic E-state index is 14.8. The predicted octanol–water partition coefficient (Wildman–Crippen LogP) is 2.67. The van der Waals surface area contributed by atoms with Gasteiger partial charge in [0.15, 0.2) is 26.4 Å². The summed E-state index contributed by atoms with van der Waals surface area (Å²) in [6, 6.07) is 12.2. The smallest absolute Gasteiger partial charge is 0.304 e. The number of esters is 2. The molecule has 2 aromatic rings. The summed E-state index contributed by atoms with van der Waals surface area (Å²) in [7, 11) is -2.94. The predicted molar refractivity (Wildman–Crippen MR) is 170 cm³/mol. The lowest BCUT2D eigenvalue weighted by atomic mass is 9.82. The Labute approximate surface area is 273 Å². The van der Waals surface area contributed by atoms with Gasteiger partial charge in [-0.25, -0.2) is 0 Å². The van der Waals surface area contributed by atoms with Crippen LogP contribution in [0.3, 0.4) is 0 Å². The van der Waals surface area contributed by atoms with Gasteiger partial charge in [-0.15, -0.1) is 0 Å². The topological polar surface area (TPSA) is 163 Å². The molecule has 4 heterocycles. The van der Waals surface area contributed by atoms with Gasteiger partial charge in [-0.05, 0) is 55.4 Å². The number of fused-ring (bicyclic) bond motifs is 2. The fourth-order valence-electron chi connectivity index (χ4n) is 7.72. The van der Waals surface area contributed by atoms with Crippen molar-refractivity contribution in [3.8, 4) is 0 Å². The van der Waals surface area contributed by atoms with Crippen molar-refractivity contribution in [2.45, 2.75) is 89.4 Å². The van der Waals surface area contributed by atoms with E-state index in [0.717, 1.165) is 0 Å². The van der Waals surface area contributed by atoms with Crippen LogP contribution in [0, 0.1) is 5.92 Å². The minimum absolute atomic E-state index is 0.0406. The highest BCUT2D eigenvalue weighted by atomic mass is 28.4. The quantitative estimate of drug-likeness (QED) is 0.231. The van der Waals surface area contributed by atoms with Crippen molar-refractivity contribution in [2.24, 2.45) is 5.92 Å². The lowest BCUT2D eigenvalue weighted by Gasteiger charge is -2.39. The van der Waals surface area contributed by atoms with Crippen molar-refractivity contribution in [3.63, 3.8) is 0 Å². The third-order valence-corrected chi connectivity index (χ3v) is 12.1. The van der Waals surface area contributed by atoms with Gasteiger partial charge in [-0.3, -0.25) is 33.8 Å². The summed E-state index contributed by atoms with van der Waals surface area (Å²) in [4.78, 5) is 79.0. The van der Waals surface area contributed by atoms with E-state index < -0.39 is 55.9 Å². The minimum Gasteiger partial charge on any atom is -0.441 e. The van der Waals surface area contributed by atoms with E-state index in [9.17, 15) is 33.9 Å². The zero-order valence-electron chi connectivity index (χ0n) is 27.0. The van der Waals surface area contributed by atoms with Gasteiger partial charge in [-0.1, -0.05) is 19.1 Å². The van der Waals surface area contributed by atoms with E-state index >= 15 is 0 Å². The van der Waals surface area contributed by atoms with Crippen LogP contribution in [0.2, 0.25) is 18.6 Å². The average Bonchev–Trinajstić information content (AvgIpc) is 3.38. The van der Waals surface area contributed by atoms with Crippen LogP contribution in [0.4, 0.5) is 17.1 Å². The molecule has 14 heteroatoms. The molecule has 13 nitrogen and oxygen atoms in total. The number of hydrogen-bond donors (Lipinski definition) is 2. The Balaban J connectivity index is 1.41. The van der Waals surface area contributed by atoms with Gasteiger partial charge >= 0.3 is 11.9 Å². The van der Waals surface area contributed by atoms with Crippen LogP contribution in [0.5, 0.6) is 0 Å². The summed E-state index contributed by atoms with van der Waals surface area (Å²) < 4.78 is 17.3. The van der Waals surface area contributed by atoms with E-state index in [-0.39, 0.29) is 50.1 Å². The molecule has 3 saturated heterocycles. The minimum atomic E-state index is -2.94. The Morgan fingerprint density at radius 1 is 0.957 bits per heavy atom. The van der Waals surface area contributed by atoms with Crippen molar-refractivity contribution < 1.29 is 48.1 Å².